The third kappa shape index (κ3) is 2.44. The Morgan fingerprint density at radius 1 is 0.692 bits per heavy atom. The molecule has 0 amide bonds. The molecule has 5 aromatic rings. The van der Waals surface area contributed by atoms with Gasteiger partial charge in [-0.2, -0.15) is 0 Å². The smallest absolute Gasteiger partial charge is 0.0963 e. The molecule has 26 heavy (non-hydrogen) atoms. The molecule has 0 fully saturated rings. The zero-order chi connectivity index (χ0) is 17.5. The predicted octanol–water partition coefficient (Wildman–Crippen LogP) is 6.61. The third-order valence-corrected chi connectivity index (χ3v) is 5.24. The van der Waals surface area contributed by atoms with E-state index in [0.717, 1.165) is 21.2 Å². The topological polar surface area (TPSA) is 17.8 Å². The van der Waals surface area contributed by atoms with Gasteiger partial charge in [0.25, 0.3) is 0 Å². The van der Waals surface area contributed by atoms with Crippen LogP contribution in [0.3, 0.4) is 0 Å². The molecule has 2 aromatic heterocycles. The number of nitrogens with zero attached hydrogens (tertiary/aromatic N) is 2. The second-order valence-corrected chi connectivity index (χ2v) is 7.20. The van der Waals surface area contributed by atoms with E-state index < -0.39 is 0 Å². The van der Waals surface area contributed by atoms with Gasteiger partial charge in [0, 0.05) is 21.7 Å². The molecule has 5 rings (SSSR count). The van der Waals surface area contributed by atoms with E-state index in [0.29, 0.717) is 0 Å². The molecule has 0 spiro atoms. The molecule has 124 valence electrons. The van der Waals surface area contributed by atoms with E-state index in [-0.39, 0.29) is 0 Å². The molecule has 0 aliphatic heterocycles. The molecule has 0 bridgehead atoms. The number of rotatable bonds is 2. The Balaban J connectivity index is 1.82. The lowest BCUT2D eigenvalue weighted by Crippen LogP contribution is -1.93. The fourth-order valence-electron chi connectivity index (χ4n) is 3.51. The van der Waals surface area contributed by atoms with Crippen LogP contribution < -0.4 is 0 Å². The summed E-state index contributed by atoms with van der Waals surface area (Å²) in [6.07, 6.45) is 1.86. The molecule has 2 heterocycles. The maximum Gasteiger partial charge on any atom is 0.0963 e. The maximum absolute atomic E-state index is 4.68. The second-order valence-electron chi connectivity index (χ2n) is 6.28. The van der Waals surface area contributed by atoms with E-state index in [9.17, 15) is 0 Å². The van der Waals surface area contributed by atoms with Gasteiger partial charge in [0.15, 0.2) is 0 Å². The van der Waals surface area contributed by atoms with E-state index in [4.69, 9.17) is 0 Å². The van der Waals surface area contributed by atoms with Crippen LogP contribution in [0.2, 0.25) is 0 Å². The lowest BCUT2D eigenvalue weighted by atomic mass is 10.0. The van der Waals surface area contributed by atoms with Gasteiger partial charge in [-0.25, -0.2) is 0 Å². The summed E-state index contributed by atoms with van der Waals surface area (Å²) in [5.74, 6) is 0. The van der Waals surface area contributed by atoms with Crippen LogP contribution in [-0.2, 0) is 0 Å². The standard InChI is InChI=1S/C23H15BrN2/c24-18-11-8-16(9-12-18)17-10-13-21-20(15-17)23-22(7-4-14-25-23)26(21)19-5-2-1-3-6-19/h1-15H. The number of halogens is 1. The fourth-order valence-corrected chi connectivity index (χ4v) is 3.78. The van der Waals surface area contributed by atoms with Crippen molar-refractivity contribution in [2.75, 3.05) is 0 Å². The summed E-state index contributed by atoms with van der Waals surface area (Å²) in [6.45, 7) is 0. The molecular formula is C23H15BrN2. The number of pyridine rings is 1. The van der Waals surface area contributed by atoms with Gasteiger partial charge in [-0.05, 0) is 59.7 Å². The average Bonchev–Trinajstić information content (AvgIpc) is 3.03. The Bertz CT molecular complexity index is 1220. The zero-order valence-electron chi connectivity index (χ0n) is 13.9. The van der Waals surface area contributed by atoms with E-state index in [1.54, 1.807) is 0 Å². The van der Waals surface area contributed by atoms with Crippen LogP contribution in [0.4, 0.5) is 0 Å². The number of hydrogen-bond acceptors (Lipinski definition) is 1. The van der Waals surface area contributed by atoms with E-state index >= 15 is 0 Å². The first-order chi connectivity index (χ1) is 12.8. The summed E-state index contributed by atoms with van der Waals surface area (Å²) < 4.78 is 3.37. The molecule has 0 saturated carbocycles. The van der Waals surface area contributed by atoms with E-state index in [2.05, 4.69) is 98.3 Å². The van der Waals surface area contributed by atoms with Crippen LogP contribution in [0.25, 0.3) is 38.8 Å². The number of para-hydroxylation sites is 1. The molecule has 3 heteroatoms. The van der Waals surface area contributed by atoms with Crippen molar-refractivity contribution in [2.45, 2.75) is 0 Å². The van der Waals surface area contributed by atoms with Crippen molar-refractivity contribution < 1.29 is 0 Å². The van der Waals surface area contributed by atoms with Crippen molar-refractivity contribution in [3.05, 3.63) is 95.6 Å². The highest BCUT2D eigenvalue weighted by Gasteiger charge is 2.13. The first-order valence-corrected chi connectivity index (χ1v) is 9.31. The van der Waals surface area contributed by atoms with Gasteiger partial charge in [0.2, 0.25) is 0 Å². The molecule has 0 unspecified atom stereocenters. The van der Waals surface area contributed by atoms with E-state index in [1.807, 2.05) is 18.3 Å². The normalized spacial score (nSPS) is 11.3. The minimum Gasteiger partial charge on any atom is -0.308 e. The van der Waals surface area contributed by atoms with Crippen molar-refractivity contribution in [3.8, 4) is 16.8 Å². The zero-order valence-corrected chi connectivity index (χ0v) is 15.5. The number of aromatic nitrogens is 2. The SMILES string of the molecule is Brc1ccc(-c2ccc3c(c2)c2ncccc2n3-c2ccccc2)cc1. The van der Waals surface area contributed by atoms with Crippen LogP contribution in [0, 0.1) is 0 Å². The Labute approximate surface area is 159 Å². The van der Waals surface area contributed by atoms with Crippen molar-refractivity contribution in [3.63, 3.8) is 0 Å². The largest absolute Gasteiger partial charge is 0.308 e. The summed E-state index contributed by atoms with van der Waals surface area (Å²) in [4.78, 5) is 4.68. The van der Waals surface area contributed by atoms with Gasteiger partial charge in [-0.1, -0.05) is 52.3 Å². The van der Waals surface area contributed by atoms with Crippen molar-refractivity contribution in [2.24, 2.45) is 0 Å². The van der Waals surface area contributed by atoms with Gasteiger partial charge < -0.3 is 4.57 Å². The second kappa shape index (κ2) is 6.11. The highest BCUT2D eigenvalue weighted by atomic mass is 79.9. The first kappa shape index (κ1) is 15.4. The van der Waals surface area contributed by atoms with Gasteiger partial charge in [-0.3, -0.25) is 4.98 Å². The highest BCUT2D eigenvalue weighted by molar-refractivity contribution is 9.10. The molecule has 0 radical (unpaired) electrons. The van der Waals surface area contributed by atoms with Gasteiger partial charge in [0.1, 0.15) is 0 Å². The summed E-state index contributed by atoms with van der Waals surface area (Å²) in [5.41, 5.74) is 6.88. The minimum atomic E-state index is 1.03. The average molecular weight is 399 g/mol. The van der Waals surface area contributed by atoms with Crippen molar-refractivity contribution in [1.82, 2.24) is 9.55 Å². The molecule has 0 aliphatic rings. The van der Waals surface area contributed by atoms with E-state index in [1.165, 1.54) is 22.0 Å². The van der Waals surface area contributed by atoms with Crippen LogP contribution in [0.5, 0.6) is 0 Å². The predicted molar refractivity (Wildman–Crippen MR) is 112 cm³/mol. The maximum atomic E-state index is 4.68. The Morgan fingerprint density at radius 3 is 2.27 bits per heavy atom. The molecule has 0 N–H and O–H groups in total. The lowest BCUT2D eigenvalue weighted by molar-refractivity contribution is 1.18. The Hall–Kier alpha value is -2.91. The highest BCUT2D eigenvalue weighted by Crippen LogP contribution is 2.33. The molecular weight excluding hydrogens is 384 g/mol. The Kier molecular flexibility index (Phi) is 3.61. The number of fused-ring (bicyclic) bond motifs is 3. The van der Waals surface area contributed by atoms with Gasteiger partial charge >= 0.3 is 0 Å². The molecule has 3 aromatic carbocycles. The summed E-state index contributed by atoms with van der Waals surface area (Å²) in [7, 11) is 0. The first-order valence-electron chi connectivity index (χ1n) is 8.52. The van der Waals surface area contributed by atoms with Gasteiger partial charge in [-0.15, -0.1) is 0 Å². The van der Waals surface area contributed by atoms with Gasteiger partial charge in [0.05, 0.1) is 16.6 Å². The molecule has 0 atom stereocenters. The van der Waals surface area contributed by atoms with Crippen LogP contribution in [0.15, 0.2) is 95.6 Å². The fraction of sp³-hybridized carbons (Fsp3) is 0. The Morgan fingerprint density at radius 2 is 1.46 bits per heavy atom. The summed E-state index contributed by atoms with van der Waals surface area (Å²) >= 11 is 3.51. The van der Waals surface area contributed by atoms with Crippen LogP contribution >= 0.6 is 15.9 Å². The third-order valence-electron chi connectivity index (χ3n) is 4.71. The molecule has 0 aliphatic carbocycles. The molecule has 2 nitrogen and oxygen atoms in total. The van der Waals surface area contributed by atoms with Crippen LogP contribution in [-0.4, -0.2) is 9.55 Å². The van der Waals surface area contributed by atoms with Crippen LogP contribution in [0.1, 0.15) is 0 Å². The quantitative estimate of drug-likeness (QED) is 0.327. The van der Waals surface area contributed by atoms with Crippen molar-refractivity contribution in [1.29, 1.82) is 0 Å². The van der Waals surface area contributed by atoms with Crippen molar-refractivity contribution >= 4 is 37.9 Å². The minimum absolute atomic E-state index is 1.03. The monoisotopic (exact) mass is 398 g/mol. The lowest BCUT2D eigenvalue weighted by Gasteiger charge is -2.07. The number of benzene rings is 3. The summed E-state index contributed by atoms with van der Waals surface area (Å²) in [6, 6.07) is 29.6. The molecule has 0 saturated heterocycles. The summed E-state index contributed by atoms with van der Waals surface area (Å²) in [5, 5.41) is 1.17. The number of hydrogen-bond donors (Lipinski definition) is 0.